The average Bonchev–Trinajstić information content (AvgIpc) is 2.43. The fraction of sp³-hybridized carbons (Fsp3) is 1.00. The van der Waals surface area contributed by atoms with E-state index in [1.165, 1.54) is 38.5 Å². The second-order valence-corrected chi connectivity index (χ2v) is 5.05. The molecule has 4 atom stereocenters. The van der Waals surface area contributed by atoms with Crippen molar-refractivity contribution in [2.75, 3.05) is 0 Å². The Kier molecular flexibility index (Phi) is 3.01. The predicted molar refractivity (Wildman–Crippen MR) is 57.9 cm³/mol. The van der Waals surface area contributed by atoms with E-state index < -0.39 is 0 Å². The molecule has 0 aliphatic heterocycles. The lowest BCUT2D eigenvalue weighted by Gasteiger charge is -2.43. The van der Waals surface area contributed by atoms with E-state index in [1.54, 1.807) is 0 Å². The number of fused-ring (bicyclic) bond motifs is 1. The summed E-state index contributed by atoms with van der Waals surface area (Å²) in [5.41, 5.74) is 0. The maximum Gasteiger partial charge on any atom is 0.0656 e. The standard InChI is InChI=1S/C12H21B/c1-2-3-4-9-7-10-5-6-11(8-13)12(9)10/h9-12H,2-8H2,1H3/t9?,10?,11-,12?/m1/s1. The molecule has 3 unspecified atom stereocenters. The highest BCUT2D eigenvalue weighted by atomic mass is 14.5. The SMILES string of the molecule is [B]C[C@H]1CCC2CC(CCCC)C21. The molecule has 0 spiro atoms. The molecule has 0 amide bonds. The van der Waals surface area contributed by atoms with Gasteiger partial charge in [-0.3, -0.25) is 0 Å². The van der Waals surface area contributed by atoms with E-state index in [9.17, 15) is 0 Å². The van der Waals surface area contributed by atoms with Crippen LogP contribution in [0.1, 0.15) is 45.4 Å². The quantitative estimate of drug-likeness (QED) is 0.575. The Bertz CT molecular complexity index is 167. The molecule has 0 N–H and O–H groups in total. The largest absolute Gasteiger partial charge is 0.0856 e. The summed E-state index contributed by atoms with van der Waals surface area (Å²) in [4.78, 5) is 0. The summed E-state index contributed by atoms with van der Waals surface area (Å²) in [7, 11) is 5.81. The molecule has 0 heterocycles. The molecule has 0 aromatic carbocycles. The summed E-state index contributed by atoms with van der Waals surface area (Å²) in [6.07, 6.45) is 9.66. The van der Waals surface area contributed by atoms with Crippen molar-refractivity contribution in [2.45, 2.75) is 51.8 Å². The number of unbranched alkanes of at least 4 members (excludes halogenated alkanes) is 1. The van der Waals surface area contributed by atoms with Crippen molar-refractivity contribution in [3.8, 4) is 0 Å². The number of hydrogen-bond acceptors (Lipinski definition) is 0. The minimum atomic E-state index is 0.889. The van der Waals surface area contributed by atoms with Crippen molar-refractivity contribution < 1.29 is 0 Å². The first-order chi connectivity index (χ1) is 6.36. The van der Waals surface area contributed by atoms with Crippen LogP contribution in [-0.2, 0) is 0 Å². The summed E-state index contributed by atoms with van der Waals surface area (Å²) < 4.78 is 0. The van der Waals surface area contributed by atoms with E-state index in [2.05, 4.69) is 6.92 Å². The van der Waals surface area contributed by atoms with Crippen molar-refractivity contribution in [3.63, 3.8) is 0 Å². The lowest BCUT2D eigenvalue weighted by atomic mass is 9.60. The van der Waals surface area contributed by atoms with Gasteiger partial charge in [-0.25, -0.2) is 0 Å². The molecule has 0 saturated heterocycles. The van der Waals surface area contributed by atoms with Crippen molar-refractivity contribution in [3.05, 3.63) is 0 Å². The van der Waals surface area contributed by atoms with Crippen LogP contribution in [0.3, 0.4) is 0 Å². The average molecular weight is 176 g/mol. The van der Waals surface area contributed by atoms with Gasteiger partial charge in [-0.1, -0.05) is 38.9 Å². The van der Waals surface area contributed by atoms with Crippen LogP contribution in [0.15, 0.2) is 0 Å². The van der Waals surface area contributed by atoms with Crippen LogP contribution in [-0.4, -0.2) is 7.85 Å². The van der Waals surface area contributed by atoms with Gasteiger partial charge in [0.05, 0.1) is 7.85 Å². The molecule has 0 aromatic rings. The Balaban J connectivity index is 1.82. The molecule has 13 heavy (non-hydrogen) atoms. The van der Waals surface area contributed by atoms with E-state index in [0.717, 1.165) is 30.0 Å². The topological polar surface area (TPSA) is 0 Å². The van der Waals surface area contributed by atoms with Gasteiger partial charge in [-0.05, 0) is 36.5 Å². The first-order valence-corrected chi connectivity index (χ1v) is 6.06. The smallest absolute Gasteiger partial charge is 0.0656 e. The van der Waals surface area contributed by atoms with Crippen LogP contribution in [0, 0.1) is 23.7 Å². The first-order valence-electron chi connectivity index (χ1n) is 6.06. The van der Waals surface area contributed by atoms with Crippen LogP contribution in [0.5, 0.6) is 0 Å². The third kappa shape index (κ3) is 1.67. The molecule has 0 nitrogen and oxygen atoms in total. The van der Waals surface area contributed by atoms with Gasteiger partial charge in [0.2, 0.25) is 0 Å². The van der Waals surface area contributed by atoms with E-state index in [1.807, 2.05) is 0 Å². The fourth-order valence-corrected chi connectivity index (χ4v) is 3.64. The van der Waals surface area contributed by atoms with Gasteiger partial charge in [0.15, 0.2) is 0 Å². The third-order valence-corrected chi connectivity index (χ3v) is 4.38. The van der Waals surface area contributed by atoms with Crippen molar-refractivity contribution in [2.24, 2.45) is 23.7 Å². The van der Waals surface area contributed by atoms with E-state index in [-0.39, 0.29) is 0 Å². The van der Waals surface area contributed by atoms with E-state index in [0.29, 0.717) is 0 Å². The first kappa shape index (κ1) is 9.61. The summed E-state index contributed by atoms with van der Waals surface area (Å²) in [5.74, 6) is 4.06. The molecule has 0 aromatic heterocycles. The van der Waals surface area contributed by atoms with Crippen molar-refractivity contribution in [1.82, 2.24) is 0 Å². The highest BCUT2D eigenvalue weighted by Gasteiger charge is 2.47. The van der Waals surface area contributed by atoms with Gasteiger partial charge in [-0.15, -0.1) is 0 Å². The Morgan fingerprint density at radius 2 is 2.08 bits per heavy atom. The zero-order valence-electron chi connectivity index (χ0n) is 8.84. The highest BCUT2D eigenvalue weighted by Crippen LogP contribution is 2.56. The molecule has 0 bridgehead atoms. The highest BCUT2D eigenvalue weighted by molar-refractivity contribution is 6.08. The van der Waals surface area contributed by atoms with E-state index in [4.69, 9.17) is 7.85 Å². The normalized spacial score (nSPS) is 42.8. The maximum absolute atomic E-state index is 5.81. The number of rotatable bonds is 4. The molecular formula is C12H21B. The Morgan fingerprint density at radius 1 is 1.23 bits per heavy atom. The predicted octanol–water partition coefficient (Wildman–Crippen LogP) is 3.43. The second-order valence-electron chi connectivity index (χ2n) is 5.05. The zero-order valence-corrected chi connectivity index (χ0v) is 8.84. The van der Waals surface area contributed by atoms with Gasteiger partial charge in [0, 0.05) is 0 Å². The summed E-state index contributed by atoms with van der Waals surface area (Å²) in [6, 6.07) is 0. The minimum Gasteiger partial charge on any atom is -0.0856 e. The Hall–Kier alpha value is 0.0649. The molecule has 2 saturated carbocycles. The van der Waals surface area contributed by atoms with Gasteiger partial charge < -0.3 is 0 Å². The van der Waals surface area contributed by atoms with Gasteiger partial charge >= 0.3 is 0 Å². The Morgan fingerprint density at radius 3 is 2.77 bits per heavy atom. The van der Waals surface area contributed by atoms with Crippen molar-refractivity contribution in [1.29, 1.82) is 0 Å². The molecule has 2 aliphatic carbocycles. The zero-order chi connectivity index (χ0) is 9.26. The lowest BCUT2D eigenvalue weighted by Crippen LogP contribution is -2.36. The minimum absolute atomic E-state index is 0.889. The molecule has 1 heteroatoms. The summed E-state index contributed by atoms with van der Waals surface area (Å²) in [6.45, 7) is 2.30. The molecular weight excluding hydrogens is 155 g/mol. The van der Waals surface area contributed by atoms with Gasteiger partial charge in [0.1, 0.15) is 0 Å². The van der Waals surface area contributed by atoms with Crippen molar-refractivity contribution >= 4 is 7.85 Å². The molecule has 2 fully saturated rings. The van der Waals surface area contributed by atoms with Crippen LogP contribution in [0.2, 0.25) is 6.32 Å². The van der Waals surface area contributed by atoms with Crippen LogP contribution in [0.4, 0.5) is 0 Å². The molecule has 72 valence electrons. The lowest BCUT2D eigenvalue weighted by molar-refractivity contribution is 0.0648. The molecule has 2 rings (SSSR count). The van der Waals surface area contributed by atoms with Crippen LogP contribution < -0.4 is 0 Å². The van der Waals surface area contributed by atoms with Gasteiger partial charge in [0.25, 0.3) is 0 Å². The number of hydrogen-bond donors (Lipinski definition) is 0. The van der Waals surface area contributed by atoms with Crippen LogP contribution in [0.25, 0.3) is 0 Å². The van der Waals surface area contributed by atoms with Crippen LogP contribution >= 0.6 is 0 Å². The summed E-state index contributed by atoms with van der Waals surface area (Å²) >= 11 is 0. The third-order valence-electron chi connectivity index (χ3n) is 4.38. The monoisotopic (exact) mass is 176 g/mol. The fourth-order valence-electron chi connectivity index (χ4n) is 3.64. The van der Waals surface area contributed by atoms with E-state index >= 15 is 0 Å². The maximum atomic E-state index is 5.81. The van der Waals surface area contributed by atoms with Gasteiger partial charge in [-0.2, -0.15) is 0 Å². The molecule has 2 radical (unpaired) electrons. The summed E-state index contributed by atoms with van der Waals surface area (Å²) in [5, 5.41) is 0. The second kappa shape index (κ2) is 4.06. The Labute approximate surface area is 83.9 Å². The molecule has 2 aliphatic rings.